The molecule has 7 nitrogen and oxygen atoms in total. The van der Waals surface area contributed by atoms with E-state index in [-0.39, 0.29) is 5.91 Å². The van der Waals surface area contributed by atoms with Gasteiger partial charge in [0.2, 0.25) is 5.76 Å². The first-order valence-electron chi connectivity index (χ1n) is 5.93. The number of nitrogens with one attached hydrogen (secondary N) is 2. The number of H-pyrrole nitrogens is 1. The maximum Gasteiger partial charge on any atom is 0.289 e. The Balaban J connectivity index is 1.79. The third-order valence-electron chi connectivity index (χ3n) is 2.37. The number of aromatic amines is 1. The van der Waals surface area contributed by atoms with Gasteiger partial charge in [0.05, 0.1) is 5.69 Å². The quantitative estimate of drug-likeness (QED) is 0.609. The normalized spacial score (nSPS) is 10.6. The van der Waals surface area contributed by atoms with Gasteiger partial charge in [0, 0.05) is 18.7 Å². The maximum atomic E-state index is 11.9. The van der Waals surface area contributed by atoms with Crippen molar-refractivity contribution >= 4 is 17.7 Å². The molecule has 19 heavy (non-hydrogen) atoms. The van der Waals surface area contributed by atoms with E-state index in [0.29, 0.717) is 36.1 Å². The van der Waals surface area contributed by atoms with Crippen LogP contribution in [0.2, 0.25) is 0 Å². The number of carbonyl (C=O) groups is 1. The highest BCUT2D eigenvalue weighted by molar-refractivity contribution is 7.99. The number of nitrogens with zero attached hydrogens (tertiary/aromatic N) is 3. The molecule has 102 valence electrons. The van der Waals surface area contributed by atoms with Crippen molar-refractivity contribution in [3.8, 4) is 0 Å². The summed E-state index contributed by atoms with van der Waals surface area (Å²) in [6, 6.07) is 0. The Bertz CT molecular complexity index is 537. The number of amides is 1. The first-order chi connectivity index (χ1) is 9.20. The van der Waals surface area contributed by atoms with Gasteiger partial charge in [-0.05, 0) is 6.92 Å². The third kappa shape index (κ3) is 3.57. The van der Waals surface area contributed by atoms with Gasteiger partial charge in [-0.2, -0.15) is 5.10 Å². The number of hydrogen-bond acceptors (Lipinski definition) is 6. The second-order valence-electron chi connectivity index (χ2n) is 3.77. The summed E-state index contributed by atoms with van der Waals surface area (Å²) in [6.45, 7) is 4.22. The Morgan fingerprint density at radius 1 is 1.58 bits per heavy atom. The summed E-state index contributed by atoms with van der Waals surface area (Å²) in [5.74, 6) is 1.34. The smallest absolute Gasteiger partial charge is 0.289 e. The maximum absolute atomic E-state index is 11.9. The van der Waals surface area contributed by atoms with Crippen LogP contribution in [0.4, 0.5) is 0 Å². The molecule has 0 unspecified atom stereocenters. The summed E-state index contributed by atoms with van der Waals surface area (Å²) in [5.41, 5.74) is 0.622. The highest BCUT2D eigenvalue weighted by atomic mass is 32.2. The molecule has 0 saturated heterocycles. The number of hydrogen-bond donors (Lipinski definition) is 2. The van der Waals surface area contributed by atoms with Gasteiger partial charge in [0.25, 0.3) is 5.91 Å². The predicted molar refractivity (Wildman–Crippen MR) is 70.1 cm³/mol. The van der Waals surface area contributed by atoms with E-state index in [1.807, 2.05) is 6.92 Å². The Hall–Kier alpha value is -1.83. The van der Waals surface area contributed by atoms with E-state index < -0.39 is 0 Å². The molecule has 2 N–H and O–H groups in total. The van der Waals surface area contributed by atoms with Gasteiger partial charge in [0.15, 0.2) is 11.0 Å². The Morgan fingerprint density at radius 3 is 3.05 bits per heavy atom. The van der Waals surface area contributed by atoms with Gasteiger partial charge in [-0.1, -0.05) is 18.7 Å². The zero-order chi connectivity index (χ0) is 13.7. The lowest BCUT2D eigenvalue weighted by Crippen LogP contribution is -2.26. The number of carbonyl (C=O) groups excluding carboxylic acids is 1. The van der Waals surface area contributed by atoms with E-state index in [9.17, 15) is 4.79 Å². The van der Waals surface area contributed by atoms with Crippen molar-refractivity contribution in [1.29, 1.82) is 0 Å². The molecule has 0 aliphatic rings. The van der Waals surface area contributed by atoms with Gasteiger partial charge in [-0.15, -0.1) is 0 Å². The second kappa shape index (κ2) is 6.37. The molecule has 0 saturated carbocycles. The standard InChI is InChI=1S/C11H15N5O2S/c1-3-8-15-7(2)9(18-8)10(17)12-4-5-19-11-13-6-14-16-11/h6H,3-5H2,1-2H3,(H,12,17)(H,13,14,16). The molecule has 1 amide bonds. The van der Waals surface area contributed by atoms with Gasteiger partial charge in [-0.3, -0.25) is 9.89 Å². The van der Waals surface area contributed by atoms with Crippen LogP contribution in [0.3, 0.4) is 0 Å². The van der Waals surface area contributed by atoms with Crippen LogP contribution in [0.15, 0.2) is 15.9 Å². The molecule has 0 atom stereocenters. The van der Waals surface area contributed by atoms with Crippen LogP contribution in [0.5, 0.6) is 0 Å². The van der Waals surface area contributed by atoms with Crippen LogP contribution >= 0.6 is 11.8 Å². The molecule has 8 heteroatoms. The van der Waals surface area contributed by atoms with Crippen molar-refractivity contribution in [2.24, 2.45) is 0 Å². The monoisotopic (exact) mass is 281 g/mol. The minimum Gasteiger partial charge on any atom is -0.435 e. The largest absolute Gasteiger partial charge is 0.435 e. The zero-order valence-electron chi connectivity index (χ0n) is 10.8. The van der Waals surface area contributed by atoms with Gasteiger partial charge < -0.3 is 9.73 Å². The van der Waals surface area contributed by atoms with E-state index >= 15 is 0 Å². The van der Waals surface area contributed by atoms with E-state index in [1.54, 1.807) is 6.92 Å². The summed E-state index contributed by atoms with van der Waals surface area (Å²) in [6.07, 6.45) is 2.13. The van der Waals surface area contributed by atoms with Crippen LogP contribution in [0, 0.1) is 6.92 Å². The highest BCUT2D eigenvalue weighted by Gasteiger charge is 2.16. The number of aromatic nitrogens is 4. The summed E-state index contributed by atoms with van der Waals surface area (Å²) in [4.78, 5) is 20.0. The zero-order valence-corrected chi connectivity index (χ0v) is 11.6. The summed E-state index contributed by atoms with van der Waals surface area (Å²) in [7, 11) is 0. The fourth-order valence-electron chi connectivity index (χ4n) is 1.47. The van der Waals surface area contributed by atoms with E-state index in [0.717, 1.165) is 5.16 Å². The lowest BCUT2D eigenvalue weighted by Gasteiger charge is -2.01. The Labute approximate surface area is 114 Å². The summed E-state index contributed by atoms with van der Waals surface area (Å²) >= 11 is 1.49. The topological polar surface area (TPSA) is 96.7 Å². The fourth-order valence-corrected chi connectivity index (χ4v) is 2.11. The van der Waals surface area contributed by atoms with Crippen molar-refractivity contribution in [1.82, 2.24) is 25.5 Å². The van der Waals surface area contributed by atoms with Crippen molar-refractivity contribution < 1.29 is 9.21 Å². The molecule has 2 heterocycles. The van der Waals surface area contributed by atoms with Crippen molar-refractivity contribution in [2.75, 3.05) is 12.3 Å². The first kappa shape index (κ1) is 13.6. The average molecular weight is 281 g/mol. The first-order valence-corrected chi connectivity index (χ1v) is 6.92. The molecule has 2 aromatic heterocycles. The highest BCUT2D eigenvalue weighted by Crippen LogP contribution is 2.11. The molecule has 0 bridgehead atoms. The molecule has 0 radical (unpaired) electrons. The summed E-state index contributed by atoms with van der Waals surface area (Å²) < 4.78 is 5.37. The summed E-state index contributed by atoms with van der Waals surface area (Å²) in [5, 5.41) is 10.00. The van der Waals surface area contributed by atoms with Crippen molar-refractivity contribution in [3.63, 3.8) is 0 Å². The van der Waals surface area contributed by atoms with E-state index in [4.69, 9.17) is 4.42 Å². The Morgan fingerprint density at radius 2 is 2.42 bits per heavy atom. The van der Waals surface area contributed by atoms with Crippen molar-refractivity contribution in [3.05, 3.63) is 23.7 Å². The SMILES string of the molecule is CCc1nc(C)c(C(=O)NCCSc2ncn[nH]2)o1. The van der Waals surface area contributed by atoms with Crippen molar-refractivity contribution in [2.45, 2.75) is 25.4 Å². The van der Waals surface area contributed by atoms with Gasteiger partial charge in [0.1, 0.15) is 6.33 Å². The molecule has 0 fully saturated rings. The number of oxazole rings is 1. The average Bonchev–Trinajstić information content (AvgIpc) is 3.03. The van der Waals surface area contributed by atoms with E-state index in [2.05, 4.69) is 25.5 Å². The number of rotatable bonds is 6. The molecule has 2 aromatic rings. The van der Waals surface area contributed by atoms with Crippen LogP contribution < -0.4 is 5.32 Å². The number of aryl methyl sites for hydroxylation is 2. The van der Waals surface area contributed by atoms with Crippen LogP contribution in [0.1, 0.15) is 29.1 Å². The van der Waals surface area contributed by atoms with Crippen LogP contribution in [0.25, 0.3) is 0 Å². The molecular formula is C11H15N5O2S. The second-order valence-corrected chi connectivity index (χ2v) is 4.85. The molecule has 0 aliphatic carbocycles. The molecule has 0 aromatic carbocycles. The molecule has 2 rings (SSSR count). The van der Waals surface area contributed by atoms with Gasteiger partial charge in [-0.25, -0.2) is 9.97 Å². The predicted octanol–water partition coefficient (Wildman–Crippen LogP) is 1.19. The molecular weight excluding hydrogens is 266 g/mol. The molecule has 0 spiro atoms. The molecule has 0 aliphatic heterocycles. The minimum absolute atomic E-state index is 0.233. The third-order valence-corrected chi connectivity index (χ3v) is 3.25. The number of thioether (sulfide) groups is 1. The van der Waals surface area contributed by atoms with Gasteiger partial charge >= 0.3 is 0 Å². The van der Waals surface area contributed by atoms with E-state index in [1.165, 1.54) is 18.1 Å². The Kier molecular flexibility index (Phi) is 4.56. The fraction of sp³-hybridized carbons (Fsp3) is 0.455. The minimum atomic E-state index is -0.233. The lowest BCUT2D eigenvalue weighted by atomic mass is 10.3. The lowest BCUT2D eigenvalue weighted by molar-refractivity contribution is 0.0926. The van der Waals surface area contributed by atoms with Crippen LogP contribution in [-0.4, -0.2) is 38.4 Å². The van der Waals surface area contributed by atoms with Crippen LogP contribution in [-0.2, 0) is 6.42 Å².